The lowest BCUT2D eigenvalue weighted by Crippen LogP contribution is -2.46. The van der Waals surface area contributed by atoms with Gasteiger partial charge in [-0.2, -0.15) is 0 Å². The third-order valence-electron chi connectivity index (χ3n) is 4.90. The van der Waals surface area contributed by atoms with Crippen molar-refractivity contribution in [3.63, 3.8) is 0 Å². The Morgan fingerprint density at radius 1 is 1.17 bits per heavy atom. The van der Waals surface area contributed by atoms with E-state index in [2.05, 4.69) is 26.7 Å². The lowest BCUT2D eigenvalue weighted by atomic mass is 10.1. The average molecular weight is 397 g/mol. The first-order valence-corrected chi connectivity index (χ1v) is 9.85. The molecule has 1 aromatic carbocycles. The molecule has 1 aromatic heterocycles. The van der Waals surface area contributed by atoms with E-state index in [4.69, 9.17) is 4.74 Å². The second-order valence-corrected chi connectivity index (χ2v) is 7.16. The van der Waals surface area contributed by atoms with Crippen molar-refractivity contribution in [2.24, 2.45) is 0 Å². The summed E-state index contributed by atoms with van der Waals surface area (Å²) in [6.07, 6.45) is 4.10. The Hall–Kier alpha value is -3.16. The number of rotatable bonds is 5. The van der Waals surface area contributed by atoms with E-state index < -0.39 is 0 Å². The van der Waals surface area contributed by atoms with Crippen molar-refractivity contribution in [1.29, 1.82) is 0 Å². The summed E-state index contributed by atoms with van der Waals surface area (Å²) < 4.78 is 5.01. The number of hydrogen-bond acceptors (Lipinski definition) is 6. The number of aryl methyl sites for hydroxylation is 2. The van der Waals surface area contributed by atoms with Gasteiger partial charge in [0, 0.05) is 24.8 Å². The fourth-order valence-electron chi connectivity index (χ4n) is 3.20. The predicted molar refractivity (Wildman–Crippen MR) is 110 cm³/mol. The van der Waals surface area contributed by atoms with E-state index in [0.717, 1.165) is 16.8 Å². The lowest BCUT2D eigenvalue weighted by molar-refractivity contribution is 0.0856. The average Bonchev–Trinajstić information content (AvgIpc) is 2.72. The summed E-state index contributed by atoms with van der Waals surface area (Å²) in [6, 6.07) is 6.14. The van der Waals surface area contributed by atoms with Crippen LogP contribution in [0.5, 0.6) is 0 Å². The van der Waals surface area contributed by atoms with E-state index in [1.165, 1.54) is 6.20 Å². The summed E-state index contributed by atoms with van der Waals surface area (Å²) in [4.78, 5) is 34.4. The molecular formula is C21H27N5O3. The van der Waals surface area contributed by atoms with E-state index in [1.54, 1.807) is 18.0 Å². The van der Waals surface area contributed by atoms with Gasteiger partial charge in [-0.05, 0) is 50.8 Å². The second kappa shape index (κ2) is 9.36. The Balaban J connectivity index is 1.53. The molecule has 154 valence electrons. The number of carbonyl (C=O) groups excluding carboxylic acids is 2. The number of ether oxygens (including phenoxy) is 1. The van der Waals surface area contributed by atoms with Crippen LogP contribution in [0.15, 0.2) is 30.6 Å². The van der Waals surface area contributed by atoms with Crippen LogP contribution in [0.25, 0.3) is 0 Å². The normalized spacial score (nSPS) is 14.4. The summed E-state index contributed by atoms with van der Waals surface area (Å²) in [7, 11) is 0. The number of nitrogens with one attached hydrogen (secondary N) is 2. The minimum Gasteiger partial charge on any atom is -0.450 e. The number of piperidine rings is 1. The summed E-state index contributed by atoms with van der Waals surface area (Å²) in [6.45, 7) is 7.32. The maximum atomic E-state index is 12.5. The number of benzene rings is 1. The van der Waals surface area contributed by atoms with Gasteiger partial charge in [-0.25, -0.2) is 14.8 Å². The molecule has 8 heteroatoms. The van der Waals surface area contributed by atoms with E-state index in [-0.39, 0.29) is 23.7 Å². The number of carbonyl (C=O) groups is 2. The molecule has 0 unspecified atom stereocenters. The second-order valence-electron chi connectivity index (χ2n) is 7.16. The highest BCUT2D eigenvalue weighted by Gasteiger charge is 2.25. The molecule has 2 N–H and O–H groups in total. The highest BCUT2D eigenvalue weighted by Crippen LogP contribution is 2.20. The van der Waals surface area contributed by atoms with Gasteiger partial charge in [0.1, 0.15) is 11.5 Å². The van der Waals surface area contributed by atoms with Crippen LogP contribution in [-0.4, -0.2) is 52.6 Å². The summed E-state index contributed by atoms with van der Waals surface area (Å²) in [5.74, 6) is 0.323. The topological polar surface area (TPSA) is 96.5 Å². The van der Waals surface area contributed by atoms with Crippen molar-refractivity contribution < 1.29 is 14.3 Å². The molecule has 2 aromatic rings. The van der Waals surface area contributed by atoms with Gasteiger partial charge in [-0.15, -0.1) is 0 Å². The molecule has 3 rings (SSSR count). The van der Waals surface area contributed by atoms with Crippen molar-refractivity contribution >= 4 is 23.5 Å². The first-order valence-electron chi connectivity index (χ1n) is 9.85. The van der Waals surface area contributed by atoms with E-state index in [1.807, 2.05) is 26.0 Å². The molecule has 1 fully saturated rings. The fourth-order valence-corrected chi connectivity index (χ4v) is 3.20. The van der Waals surface area contributed by atoms with Gasteiger partial charge in [-0.3, -0.25) is 4.79 Å². The minimum atomic E-state index is -0.296. The van der Waals surface area contributed by atoms with Crippen LogP contribution < -0.4 is 10.6 Å². The van der Waals surface area contributed by atoms with Gasteiger partial charge in [-0.1, -0.05) is 12.1 Å². The van der Waals surface area contributed by atoms with E-state index >= 15 is 0 Å². The Bertz CT molecular complexity index is 861. The van der Waals surface area contributed by atoms with Crippen molar-refractivity contribution in [2.45, 2.75) is 39.7 Å². The van der Waals surface area contributed by atoms with Gasteiger partial charge in [0.15, 0.2) is 0 Å². The molecule has 0 atom stereocenters. The minimum absolute atomic E-state index is 0.00252. The van der Waals surface area contributed by atoms with Crippen molar-refractivity contribution in [2.75, 3.05) is 25.0 Å². The first-order chi connectivity index (χ1) is 14.0. The molecule has 2 heterocycles. The van der Waals surface area contributed by atoms with Crippen LogP contribution in [0, 0.1) is 13.8 Å². The molecule has 0 saturated carbocycles. The monoisotopic (exact) mass is 397 g/mol. The van der Waals surface area contributed by atoms with Crippen LogP contribution in [0.4, 0.5) is 16.3 Å². The maximum absolute atomic E-state index is 12.5. The number of amides is 2. The highest BCUT2D eigenvalue weighted by atomic mass is 16.6. The van der Waals surface area contributed by atoms with Gasteiger partial charge < -0.3 is 20.3 Å². The Kier molecular flexibility index (Phi) is 6.64. The van der Waals surface area contributed by atoms with Crippen LogP contribution in [0.1, 0.15) is 41.4 Å². The molecule has 29 heavy (non-hydrogen) atoms. The molecule has 1 saturated heterocycles. The quantitative estimate of drug-likeness (QED) is 0.804. The van der Waals surface area contributed by atoms with Crippen molar-refractivity contribution in [1.82, 2.24) is 20.2 Å². The molecule has 8 nitrogen and oxygen atoms in total. The zero-order chi connectivity index (χ0) is 20.8. The van der Waals surface area contributed by atoms with Crippen LogP contribution in [0.2, 0.25) is 0 Å². The van der Waals surface area contributed by atoms with E-state index in [0.29, 0.717) is 38.4 Å². The molecule has 0 radical (unpaired) electrons. The van der Waals surface area contributed by atoms with Gasteiger partial charge in [0.05, 0.1) is 19.0 Å². The number of hydrogen-bond donors (Lipinski definition) is 2. The number of nitrogens with zero attached hydrogens (tertiary/aromatic N) is 3. The molecule has 1 aliphatic heterocycles. The van der Waals surface area contributed by atoms with E-state index in [9.17, 15) is 9.59 Å². The fraction of sp³-hybridized carbons (Fsp3) is 0.429. The molecule has 0 aliphatic carbocycles. The van der Waals surface area contributed by atoms with Gasteiger partial charge in [0.2, 0.25) is 0 Å². The number of aromatic nitrogens is 2. The zero-order valence-corrected chi connectivity index (χ0v) is 17.1. The SMILES string of the molecule is CCOC(=O)N1CCC(NC(=O)c2cnc(Nc3cc(C)ccc3C)cn2)CC1. The molecular weight excluding hydrogens is 370 g/mol. The maximum Gasteiger partial charge on any atom is 0.409 e. The molecule has 2 amide bonds. The molecule has 0 bridgehead atoms. The van der Waals surface area contributed by atoms with Gasteiger partial charge in [0.25, 0.3) is 5.91 Å². The highest BCUT2D eigenvalue weighted by molar-refractivity contribution is 5.92. The molecule has 0 spiro atoms. The molecule has 1 aliphatic rings. The number of likely N-dealkylation sites (tertiary alicyclic amines) is 1. The Morgan fingerprint density at radius 2 is 1.93 bits per heavy atom. The smallest absolute Gasteiger partial charge is 0.409 e. The Morgan fingerprint density at radius 3 is 2.59 bits per heavy atom. The summed E-state index contributed by atoms with van der Waals surface area (Å²) in [5.41, 5.74) is 3.48. The zero-order valence-electron chi connectivity index (χ0n) is 17.1. The summed E-state index contributed by atoms with van der Waals surface area (Å²) >= 11 is 0. The number of anilines is 2. The summed E-state index contributed by atoms with van der Waals surface area (Å²) in [5, 5.41) is 6.20. The Labute approximate surface area is 170 Å². The first kappa shape index (κ1) is 20.6. The van der Waals surface area contributed by atoms with Crippen molar-refractivity contribution in [3.8, 4) is 0 Å². The third kappa shape index (κ3) is 5.43. The standard InChI is InChI=1S/C21H27N5O3/c1-4-29-21(28)26-9-7-16(8-10-26)24-20(27)18-12-23-19(13-22-18)25-17-11-14(2)5-6-15(17)3/h5-6,11-13,16H,4,7-10H2,1-3H3,(H,23,25)(H,24,27). The van der Waals surface area contributed by atoms with Crippen molar-refractivity contribution in [3.05, 3.63) is 47.4 Å². The van der Waals surface area contributed by atoms with Crippen LogP contribution in [-0.2, 0) is 4.74 Å². The van der Waals surface area contributed by atoms with Crippen LogP contribution in [0.3, 0.4) is 0 Å². The largest absolute Gasteiger partial charge is 0.450 e. The lowest BCUT2D eigenvalue weighted by Gasteiger charge is -2.31. The third-order valence-corrected chi connectivity index (χ3v) is 4.90. The van der Waals surface area contributed by atoms with Gasteiger partial charge >= 0.3 is 6.09 Å². The van der Waals surface area contributed by atoms with Crippen LogP contribution >= 0.6 is 0 Å². The predicted octanol–water partition coefficient (Wildman–Crippen LogP) is 3.19.